The van der Waals surface area contributed by atoms with Gasteiger partial charge in [0.25, 0.3) is 5.91 Å². The van der Waals surface area contributed by atoms with Crippen LogP contribution in [0.4, 0.5) is 0 Å². The lowest BCUT2D eigenvalue weighted by molar-refractivity contribution is 0.0953. The van der Waals surface area contributed by atoms with Gasteiger partial charge in [-0.1, -0.05) is 13.0 Å². The first-order chi connectivity index (χ1) is 14.6. The second-order valence-corrected chi connectivity index (χ2v) is 9.47. The largest absolute Gasteiger partial charge is 0.352 e. The minimum atomic E-state index is -0.0345. The zero-order chi connectivity index (χ0) is 20.9. The van der Waals surface area contributed by atoms with Crippen molar-refractivity contribution in [3.05, 3.63) is 45.9 Å². The van der Waals surface area contributed by atoms with Gasteiger partial charge in [0.2, 0.25) is 0 Å². The van der Waals surface area contributed by atoms with Crippen LogP contribution in [0.1, 0.15) is 53.5 Å². The first kappa shape index (κ1) is 21.0. The van der Waals surface area contributed by atoms with Crippen LogP contribution in [0.15, 0.2) is 29.8 Å². The molecule has 1 fully saturated rings. The quantitative estimate of drug-likeness (QED) is 0.552. The fourth-order valence-electron chi connectivity index (χ4n) is 4.27. The summed E-state index contributed by atoms with van der Waals surface area (Å²) in [4.78, 5) is 21.3. The molecule has 160 valence electrons. The highest BCUT2D eigenvalue weighted by molar-refractivity contribution is 7.09. The first-order valence-corrected chi connectivity index (χ1v) is 11.8. The standard InChI is InChI=1S/C23H31N5OS/c1-17-7-5-11-27(15-17)10-4-3-9-24-23(29)20-13-18(2)26-22-21(20)14-25-28(22)16-19-8-6-12-30-19/h6,8,12-14,17H,3-5,7,9-11,15-16H2,1-2H3,(H,24,29). The molecule has 1 unspecified atom stereocenters. The molecule has 1 amide bonds. The fourth-order valence-corrected chi connectivity index (χ4v) is 4.96. The molecule has 1 saturated heterocycles. The number of nitrogens with zero attached hydrogens (tertiary/aromatic N) is 4. The number of hydrogen-bond acceptors (Lipinski definition) is 5. The Morgan fingerprint density at radius 3 is 3.07 bits per heavy atom. The summed E-state index contributed by atoms with van der Waals surface area (Å²) in [5.41, 5.74) is 2.27. The number of fused-ring (bicyclic) bond motifs is 1. The zero-order valence-corrected chi connectivity index (χ0v) is 18.7. The van der Waals surface area contributed by atoms with Crippen molar-refractivity contribution in [1.29, 1.82) is 0 Å². The van der Waals surface area contributed by atoms with Gasteiger partial charge in [0.05, 0.1) is 23.7 Å². The van der Waals surface area contributed by atoms with Gasteiger partial charge in [0, 0.05) is 23.7 Å². The summed E-state index contributed by atoms with van der Waals surface area (Å²) in [5.74, 6) is 0.782. The highest BCUT2D eigenvalue weighted by Crippen LogP contribution is 2.20. The summed E-state index contributed by atoms with van der Waals surface area (Å²) in [5, 5.41) is 10.5. The van der Waals surface area contributed by atoms with Crippen LogP contribution in [0.5, 0.6) is 0 Å². The molecule has 1 atom stereocenters. The summed E-state index contributed by atoms with van der Waals surface area (Å²) in [7, 11) is 0. The average Bonchev–Trinajstić information content (AvgIpc) is 3.38. The number of pyridine rings is 1. The van der Waals surface area contributed by atoms with Crippen molar-refractivity contribution in [3.63, 3.8) is 0 Å². The lowest BCUT2D eigenvalue weighted by atomic mass is 10.0. The summed E-state index contributed by atoms with van der Waals surface area (Å²) in [6, 6.07) is 5.99. The van der Waals surface area contributed by atoms with Crippen LogP contribution < -0.4 is 5.32 Å². The van der Waals surface area contributed by atoms with Gasteiger partial charge in [-0.3, -0.25) is 4.79 Å². The van der Waals surface area contributed by atoms with Crippen LogP contribution >= 0.6 is 11.3 Å². The molecule has 30 heavy (non-hydrogen) atoms. The van der Waals surface area contributed by atoms with Gasteiger partial charge in [-0.2, -0.15) is 5.10 Å². The maximum atomic E-state index is 12.9. The van der Waals surface area contributed by atoms with Crippen molar-refractivity contribution in [2.75, 3.05) is 26.2 Å². The van der Waals surface area contributed by atoms with Crippen LogP contribution in [0.2, 0.25) is 0 Å². The van der Waals surface area contributed by atoms with E-state index in [4.69, 9.17) is 0 Å². The maximum Gasteiger partial charge on any atom is 0.252 e. The number of unbranched alkanes of at least 4 members (excludes halogenated alkanes) is 1. The van der Waals surface area contributed by atoms with E-state index in [9.17, 15) is 4.79 Å². The Morgan fingerprint density at radius 2 is 2.27 bits per heavy atom. The van der Waals surface area contributed by atoms with E-state index < -0.39 is 0 Å². The van der Waals surface area contributed by atoms with Crippen molar-refractivity contribution < 1.29 is 4.79 Å². The zero-order valence-electron chi connectivity index (χ0n) is 17.9. The molecule has 6 nitrogen and oxygen atoms in total. The summed E-state index contributed by atoms with van der Waals surface area (Å²) < 4.78 is 1.88. The monoisotopic (exact) mass is 425 g/mol. The number of amides is 1. The van der Waals surface area contributed by atoms with E-state index in [1.807, 2.05) is 23.7 Å². The average molecular weight is 426 g/mol. The third kappa shape index (κ3) is 5.08. The highest BCUT2D eigenvalue weighted by Gasteiger charge is 2.17. The maximum absolute atomic E-state index is 12.9. The second-order valence-electron chi connectivity index (χ2n) is 8.44. The van der Waals surface area contributed by atoms with Gasteiger partial charge < -0.3 is 10.2 Å². The SMILES string of the molecule is Cc1cc(C(=O)NCCCCN2CCCC(C)C2)c2cnn(Cc3cccs3)c2n1. The van der Waals surface area contributed by atoms with Crippen molar-refractivity contribution in [2.24, 2.45) is 5.92 Å². The number of thiophene rings is 1. The molecule has 3 aromatic heterocycles. The van der Waals surface area contributed by atoms with E-state index in [0.717, 1.165) is 42.0 Å². The van der Waals surface area contributed by atoms with E-state index in [2.05, 4.69) is 38.7 Å². The van der Waals surface area contributed by atoms with E-state index in [1.165, 1.54) is 30.8 Å². The highest BCUT2D eigenvalue weighted by atomic mass is 32.1. The molecule has 0 saturated carbocycles. The first-order valence-electron chi connectivity index (χ1n) is 11.0. The van der Waals surface area contributed by atoms with Gasteiger partial charge in [0.15, 0.2) is 5.65 Å². The van der Waals surface area contributed by atoms with Crippen molar-refractivity contribution in [2.45, 2.75) is 46.1 Å². The lowest BCUT2D eigenvalue weighted by Gasteiger charge is -2.30. The number of hydrogen-bond donors (Lipinski definition) is 1. The van der Waals surface area contributed by atoms with Crippen LogP contribution in [0, 0.1) is 12.8 Å². The predicted octanol–water partition coefficient (Wildman–Crippen LogP) is 4.09. The Bertz CT molecular complexity index is 981. The Morgan fingerprint density at radius 1 is 1.37 bits per heavy atom. The Kier molecular flexibility index (Phi) is 6.79. The number of aryl methyl sites for hydroxylation is 1. The van der Waals surface area contributed by atoms with Gasteiger partial charge in [-0.05, 0) is 69.1 Å². The molecule has 0 spiro atoms. The molecule has 1 aliphatic rings. The van der Waals surface area contributed by atoms with Gasteiger partial charge >= 0.3 is 0 Å². The molecule has 1 aliphatic heterocycles. The molecule has 0 bridgehead atoms. The number of carbonyl (C=O) groups is 1. The van der Waals surface area contributed by atoms with Crippen molar-refractivity contribution in [3.8, 4) is 0 Å². The fraction of sp³-hybridized carbons (Fsp3) is 0.522. The van der Waals surface area contributed by atoms with E-state index >= 15 is 0 Å². The van der Waals surface area contributed by atoms with Crippen molar-refractivity contribution in [1.82, 2.24) is 25.0 Å². The molecule has 0 aromatic carbocycles. The molecular formula is C23H31N5OS. The second kappa shape index (κ2) is 9.71. The van der Waals surface area contributed by atoms with Crippen LogP contribution in [-0.2, 0) is 6.54 Å². The summed E-state index contributed by atoms with van der Waals surface area (Å²) in [6.45, 7) is 9.22. The molecular weight excluding hydrogens is 394 g/mol. The molecule has 4 heterocycles. The number of likely N-dealkylation sites (tertiary alicyclic amines) is 1. The molecule has 1 N–H and O–H groups in total. The predicted molar refractivity (Wildman–Crippen MR) is 122 cm³/mol. The molecule has 7 heteroatoms. The summed E-state index contributed by atoms with van der Waals surface area (Å²) in [6.07, 6.45) is 6.56. The van der Waals surface area contributed by atoms with Crippen LogP contribution in [0.25, 0.3) is 11.0 Å². The number of carbonyl (C=O) groups excluding carboxylic acids is 1. The van der Waals surface area contributed by atoms with Crippen LogP contribution in [0.3, 0.4) is 0 Å². The van der Waals surface area contributed by atoms with Gasteiger partial charge in [0.1, 0.15) is 0 Å². The number of aromatic nitrogens is 3. The minimum Gasteiger partial charge on any atom is -0.352 e. The van der Waals surface area contributed by atoms with E-state index in [0.29, 0.717) is 18.7 Å². The Balaban J connectivity index is 1.34. The molecule has 4 rings (SSSR count). The topological polar surface area (TPSA) is 63.1 Å². The van der Waals surface area contributed by atoms with E-state index in [1.54, 1.807) is 17.5 Å². The summed E-state index contributed by atoms with van der Waals surface area (Å²) >= 11 is 1.70. The third-order valence-electron chi connectivity index (χ3n) is 5.80. The van der Waals surface area contributed by atoms with E-state index in [-0.39, 0.29) is 5.91 Å². The number of rotatable bonds is 8. The Labute approximate surface area is 182 Å². The van der Waals surface area contributed by atoms with Crippen LogP contribution in [-0.4, -0.2) is 51.8 Å². The normalized spacial score (nSPS) is 17.5. The Hall–Kier alpha value is -2.25. The smallest absolute Gasteiger partial charge is 0.252 e. The third-order valence-corrected chi connectivity index (χ3v) is 6.66. The molecule has 3 aromatic rings. The minimum absolute atomic E-state index is 0.0345. The van der Waals surface area contributed by atoms with Gasteiger partial charge in [-0.25, -0.2) is 9.67 Å². The number of piperidine rings is 1. The number of nitrogens with one attached hydrogen (secondary N) is 1. The molecule has 0 aliphatic carbocycles. The lowest BCUT2D eigenvalue weighted by Crippen LogP contribution is -2.35. The van der Waals surface area contributed by atoms with Gasteiger partial charge in [-0.15, -0.1) is 11.3 Å². The van der Waals surface area contributed by atoms with Crippen molar-refractivity contribution >= 4 is 28.3 Å². The molecule has 0 radical (unpaired) electrons.